The molecule has 3 aromatic rings. The molecular formula is C26H23Cl2F3N2O. The van der Waals surface area contributed by atoms with E-state index in [0.717, 1.165) is 29.8 Å². The Morgan fingerprint density at radius 1 is 0.882 bits per heavy atom. The maximum absolute atomic E-state index is 13.4. The molecule has 0 N–H and O–H groups in total. The van der Waals surface area contributed by atoms with Crippen molar-refractivity contribution in [2.75, 3.05) is 19.6 Å². The highest BCUT2D eigenvalue weighted by Gasteiger charge is 2.33. The van der Waals surface area contributed by atoms with Crippen LogP contribution in [-0.4, -0.2) is 41.4 Å². The lowest BCUT2D eigenvalue weighted by Crippen LogP contribution is -2.55. The van der Waals surface area contributed by atoms with Crippen LogP contribution in [0.15, 0.2) is 72.8 Å². The van der Waals surface area contributed by atoms with Crippen LogP contribution in [0.3, 0.4) is 0 Å². The lowest BCUT2D eigenvalue weighted by atomic mass is 9.99. The van der Waals surface area contributed by atoms with Gasteiger partial charge in [-0.15, -0.1) is 0 Å². The number of hydrogen-bond donors (Lipinski definition) is 0. The van der Waals surface area contributed by atoms with Gasteiger partial charge in [0.2, 0.25) is 0 Å². The predicted octanol–water partition coefficient (Wildman–Crippen LogP) is 6.58. The average Bonchev–Trinajstić information content (AvgIpc) is 2.79. The quantitative estimate of drug-likeness (QED) is 0.390. The first-order chi connectivity index (χ1) is 16.2. The minimum atomic E-state index is -4.39. The molecule has 1 aliphatic rings. The van der Waals surface area contributed by atoms with E-state index in [4.69, 9.17) is 23.2 Å². The van der Waals surface area contributed by atoms with Crippen LogP contribution < -0.4 is 0 Å². The fourth-order valence-corrected chi connectivity index (χ4v) is 4.82. The van der Waals surface area contributed by atoms with Gasteiger partial charge >= 0.3 is 6.18 Å². The fraction of sp³-hybridized carbons (Fsp3) is 0.269. The molecule has 3 aromatic carbocycles. The Morgan fingerprint density at radius 2 is 1.53 bits per heavy atom. The van der Waals surface area contributed by atoms with E-state index in [1.54, 1.807) is 23.1 Å². The lowest BCUT2D eigenvalue weighted by molar-refractivity contribution is -0.137. The molecule has 0 bridgehead atoms. The van der Waals surface area contributed by atoms with E-state index in [-0.39, 0.29) is 11.9 Å². The van der Waals surface area contributed by atoms with Crippen LogP contribution in [0.5, 0.6) is 0 Å². The zero-order chi connectivity index (χ0) is 24.3. The standard InChI is InChI=1S/C26H23Cl2F3N2O/c27-22-13-20(14-23(28)15-22)25(34)33-11-10-32(16-19-4-2-1-3-5-19)17-24(33)12-18-6-8-21(9-7-18)26(29,30)31/h1-9,13-15,24H,10-12,16-17H2/t24-/m1/s1. The monoisotopic (exact) mass is 506 g/mol. The van der Waals surface area contributed by atoms with Crippen molar-refractivity contribution in [2.24, 2.45) is 0 Å². The Balaban J connectivity index is 1.57. The number of carbonyl (C=O) groups is 1. The zero-order valence-corrected chi connectivity index (χ0v) is 19.7. The van der Waals surface area contributed by atoms with Crippen molar-refractivity contribution in [2.45, 2.75) is 25.2 Å². The third kappa shape index (κ3) is 6.12. The van der Waals surface area contributed by atoms with Gasteiger partial charge in [0.15, 0.2) is 0 Å². The molecule has 1 fully saturated rings. The summed E-state index contributed by atoms with van der Waals surface area (Å²) in [6, 6.07) is 19.7. The van der Waals surface area contributed by atoms with Gasteiger partial charge in [-0.3, -0.25) is 9.69 Å². The molecule has 1 amide bonds. The molecule has 0 aliphatic carbocycles. The van der Waals surface area contributed by atoms with Gasteiger partial charge < -0.3 is 4.90 Å². The van der Waals surface area contributed by atoms with Gasteiger partial charge in [-0.25, -0.2) is 0 Å². The van der Waals surface area contributed by atoms with Crippen molar-refractivity contribution in [1.29, 1.82) is 0 Å². The Hall–Kier alpha value is -2.54. The largest absolute Gasteiger partial charge is 0.416 e. The Kier molecular flexibility index (Phi) is 7.51. The van der Waals surface area contributed by atoms with Gasteiger partial charge in [0, 0.05) is 47.8 Å². The summed E-state index contributed by atoms with van der Waals surface area (Å²) in [6.07, 6.45) is -3.95. The molecule has 1 heterocycles. The molecule has 1 aliphatic heterocycles. The van der Waals surface area contributed by atoms with E-state index in [1.807, 2.05) is 18.2 Å². The van der Waals surface area contributed by atoms with E-state index in [0.29, 0.717) is 41.7 Å². The highest BCUT2D eigenvalue weighted by molar-refractivity contribution is 6.35. The van der Waals surface area contributed by atoms with E-state index in [1.165, 1.54) is 12.1 Å². The van der Waals surface area contributed by atoms with Crippen LogP contribution in [0.4, 0.5) is 13.2 Å². The van der Waals surface area contributed by atoms with Crippen molar-refractivity contribution in [1.82, 2.24) is 9.80 Å². The molecule has 1 atom stereocenters. The smallest absolute Gasteiger partial charge is 0.333 e. The predicted molar refractivity (Wildman–Crippen MR) is 128 cm³/mol. The second-order valence-electron chi connectivity index (χ2n) is 8.43. The Morgan fingerprint density at radius 3 is 2.15 bits per heavy atom. The van der Waals surface area contributed by atoms with E-state index in [2.05, 4.69) is 17.0 Å². The summed E-state index contributed by atoms with van der Waals surface area (Å²) in [7, 11) is 0. The molecule has 4 rings (SSSR count). The van der Waals surface area contributed by atoms with Crippen LogP contribution in [0.1, 0.15) is 27.0 Å². The molecule has 3 nitrogen and oxygen atoms in total. The fourth-order valence-electron chi connectivity index (χ4n) is 4.29. The minimum absolute atomic E-state index is 0.194. The van der Waals surface area contributed by atoms with E-state index < -0.39 is 11.7 Å². The summed E-state index contributed by atoms with van der Waals surface area (Å²) in [5.74, 6) is -0.194. The molecule has 0 unspecified atom stereocenters. The SMILES string of the molecule is O=C(c1cc(Cl)cc(Cl)c1)N1CCN(Cc2ccccc2)C[C@H]1Cc1ccc(C(F)(F)F)cc1. The molecule has 0 radical (unpaired) electrons. The van der Waals surface area contributed by atoms with Gasteiger partial charge in [0.05, 0.1) is 5.56 Å². The first-order valence-electron chi connectivity index (χ1n) is 10.9. The summed E-state index contributed by atoms with van der Waals surface area (Å²) in [6.45, 7) is 2.49. The lowest BCUT2D eigenvalue weighted by Gasteiger charge is -2.42. The van der Waals surface area contributed by atoms with Crippen molar-refractivity contribution in [3.63, 3.8) is 0 Å². The van der Waals surface area contributed by atoms with Crippen LogP contribution in [0.2, 0.25) is 10.0 Å². The number of rotatable bonds is 5. The summed E-state index contributed by atoms with van der Waals surface area (Å²) in [5.41, 5.74) is 1.61. The van der Waals surface area contributed by atoms with Crippen molar-refractivity contribution in [3.05, 3.63) is 105 Å². The van der Waals surface area contributed by atoms with Crippen molar-refractivity contribution >= 4 is 29.1 Å². The zero-order valence-electron chi connectivity index (χ0n) is 18.2. The van der Waals surface area contributed by atoms with Gasteiger partial charge in [0.25, 0.3) is 5.91 Å². The maximum atomic E-state index is 13.4. The van der Waals surface area contributed by atoms with Crippen LogP contribution >= 0.6 is 23.2 Å². The third-order valence-corrected chi connectivity index (χ3v) is 6.38. The highest BCUT2D eigenvalue weighted by Crippen LogP contribution is 2.30. The van der Waals surface area contributed by atoms with Crippen LogP contribution in [-0.2, 0) is 19.1 Å². The molecule has 8 heteroatoms. The normalized spacial score (nSPS) is 17.1. The molecule has 178 valence electrons. The number of alkyl halides is 3. The van der Waals surface area contributed by atoms with Gasteiger partial charge in [-0.1, -0.05) is 65.7 Å². The van der Waals surface area contributed by atoms with Crippen molar-refractivity contribution < 1.29 is 18.0 Å². The van der Waals surface area contributed by atoms with Gasteiger partial charge in [0.1, 0.15) is 0 Å². The average molecular weight is 507 g/mol. The summed E-state index contributed by atoms with van der Waals surface area (Å²) < 4.78 is 38.9. The number of nitrogens with zero attached hydrogens (tertiary/aromatic N) is 2. The highest BCUT2D eigenvalue weighted by atomic mass is 35.5. The topological polar surface area (TPSA) is 23.6 Å². The second-order valence-corrected chi connectivity index (χ2v) is 9.30. The molecule has 34 heavy (non-hydrogen) atoms. The molecule has 1 saturated heterocycles. The van der Waals surface area contributed by atoms with Crippen molar-refractivity contribution in [3.8, 4) is 0 Å². The van der Waals surface area contributed by atoms with E-state index in [9.17, 15) is 18.0 Å². The Labute approximate surface area is 206 Å². The minimum Gasteiger partial charge on any atom is -0.333 e. The summed E-state index contributed by atoms with van der Waals surface area (Å²) >= 11 is 12.2. The number of amides is 1. The summed E-state index contributed by atoms with van der Waals surface area (Å²) in [4.78, 5) is 17.4. The maximum Gasteiger partial charge on any atom is 0.416 e. The number of piperazine rings is 1. The summed E-state index contributed by atoms with van der Waals surface area (Å²) in [5, 5.41) is 0.746. The van der Waals surface area contributed by atoms with Crippen LogP contribution in [0, 0.1) is 0 Å². The molecule has 0 spiro atoms. The number of carbonyl (C=O) groups excluding carboxylic acids is 1. The first kappa shape index (κ1) is 24.6. The molecule has 0 saturated carbocycles. The third-order valence-electron chi connectivity index (χ3n) is 5.94. The van der Waals surface area contributed by atoms with Gasteiger partial charge in [-0.2, -0.15) is 13.2 Å². The number of benzene rings is 3. The van der Waals surface area contributed by atoms with Gasteiger partial charge in [-0.05, 0) is 47.9 Å². The first-order valence-corrected chi connectivity index (χ1v) is 11.6. The van der Waals surface area contributed by atoms with E-state index >= 15 is 0 Å². The number of halogens is 5. The second kappa shape index (κ2) is 10.4. The number of hydrogen-bond acceptors (Lipinski definition) is 2. The van der Waals surface area contributed by atoms with Crippen LogP contribution in [0.25, 0.3) is 0 Å². The Bertz CT molecular complexity index is 1120. The molecular weight excluding hydrogens is 484 g/mol. The molecule has 0 aromatic heterocycles.